The molecule has 3 N–H and O–H groups in total. The van der Waals surface area contributed by atoms with Gasteiger partial charge in [0.25, 0.3) is 0 Å². The van der Waals surface area contributed by atoms with Gasteiger partial charge in [-0.25, -0.2) is 9.97 Å². The third-order valence-electron chi connectivity index (χ3n) is 7.87. The Morgan fingerprint density at radius 2 is 1.97 bits per heavy atom. The first-order chi connectivity index (χ1) is 16.1. The minimum absolute atomic E-state index is 0. The van der Waals surface area contributed by atoms with Crippen LogP contribution in [0.4, 0.5) is 11.5 Å². The molecule has 4 aliphatic rings. The van der Waals surface area contributed by atoms with E-state index in [1.54, 1.807) is 0 Å². The fourth-order valence-corrected chi connectivity index (χ4v) is 5.83. The largest absolute Gasteiger partial charge is 0.390 e. The first-order valence-corrected chi connectivity index (χ1v) is 12.0. The maximum absolute atomic E-state index is 10.2. The van der Waals surface area contributed by atoms with Crippen molar-refractivity contribution in [3.05, 3.63) is 41.1 Å². The molecule has 2 fully saturated rings. The summed E-state index contributed by atoms with van der Waals surface area (Å²) in [6.07, 6.45) is 5.87. The van der Waals surface area contributed by atoms with E-state index >= 15 is 0 Å². The van der Waals surface area contributed by atoms with E-state index in [0.29, 0.717) is 12.2 Å². The molecule has 6 heterocycles. The SMILES string of the molecule is C[C@@H]1OCC2(CCN(c3nc4c(nc3CO)C(N3CCCc5ncccc53)=NC4)CC2)[C@@H]1N.S.S. The van der Waals surface area contributed by atoms with Crippen molar-refractivity contribution in [1.29, 1.82) is 0 Å². The molecule has 2 aromatic rings. The van der Waals surface area contributed by atoms with E-state index in [4.69, 9.17) is 25.4 Å². The summed E-state index contributed by atoms with van der Waals surface area (Å²) in [7, 11) is 0. The van der Waals surface area contributed by atoms with Crippen molar-refractivity contribution in [2.24, 2.45) is 16.1 Å². The van der Waals surface area contributed by atoms with Gasteiger partial charge in [0.15, 0.2) is 11.7 Å². The van der Waals surface area contributed by atoms with E-state index in [1.807, 2.05) is 12.3 Å². The average Bonchev–Trinajstić information content (AvgIpc) is 3.39. The second-order valence-corrected chi connectivity index (χ2v) is 9.70. The summed E-state index contributed by atoms with van der Waals surface area (Å²) in [4.78, 5) is 23.7. The number of fused-ring (bicyclic) bond motifs is 2. The van der Waals surface area contributed by atoms with Crippen LogP contribution >= 0.6 is 27.0 Å². The first-order valence-electron chi connectivity index (χ1n) is 12.0. The van der Waals surface area contributed by atoms with Gasteiger partial charge in [0, 0.05) is 37.3 Å². The second kappa shape index (κ2) is 10.2. The molecule has 0 saturated carbocycles. The fraction of sp³-hybridized carbons (Fsp3) is 0.583. The van der Waals surface area contributed by atoms with Gasteiger partial charge in [-0.3, -0.25) is 9.98 Å². The van der Waals surface area contributed by atoms with Crippen LogP contribution < -0.4 is 15.5 Å². The van der Waals surface area contributed by atoms with Crippen LogP contribution in [0.2, 0.25) is 0 Å². The number of aryl methyl sites for hydroxylation is 1. The third-order valence-corrected chi connectivity index (χ3v) is 7.87. The number of amidine groups is 1. The van der Waals surface area contributed by atoms with Gasteiger partial charge in [-0.05, 0) is 44.7 Å². The molecule has 2 atom stereocenters. The van der Waals surface area contributed by atoms with Crippen molar-refractivity contribution < 1.29 is 9.84 Å². The molecule has 190 valence electrons. The summed E-state index contributed by atoms with van der Waals surface area (Å²) < 4.78 is 5.86. The zero-order chi connectivity index (χ0) is 22.6. The highest BCUT2D eigenvalue weighted by Gasteiger charge is 2.48. The number of aromatic nitrogens is 3. The van der Waals surface area contributed by atoms with E-state index in [0.717, 1.165) is 86.3 Å². The Hall–Kier alpha value is -1.92. The summed E-state index contributed by atoms with van der Waals surface area (Å²) in [6, 6.07) is 4.13. The Labute approximate surface area is 220 Å². The number of piperidine rings is 1. The van der Waals surface area contributed by atoms with Crippen molar-refractivity contribution in [1.82, 2.24) is 15.0 Å². The highest BCUT2D eigenvalue weighted by molar-refractivity contribution is 7.59. The third kappa shape index (κ3) is 4.31. The maximum Gasteiger partial charge on any atom is 0.156 e. The maximum atomic E-state index is 10.2. The van der Waals surface area contributed by atoms with Gasteiger partial charge in [-0.2, -0.15) is 27.0 Å². The number of pyridine rings is 1. The standard InChI is InChI=1S/C24H31N7O2.2H2S/c1-15-21(25)24(14-33-15)6-10-30(11-7-24)22-18(13-32)28-20-17(29-22)12-27-23(20)31-9-3-4-16-19(31)5-2-8-26-16;;/h2,5,8,15,21,32H,3-4,6-7,9-14,25H2,1H3;2*1H2/t15-,21+;;/m0../s1. The number of nitrogens with two attached hydrogens (primary N) is 1. The highest BCUT2D eigenvalue weighted by atomic mass is 32.1. The van der Waals surface area contributed by atoms with Crippen LogP contribution in [0.3, 0.4) is 0 Å². The molecule has 0 amide bonds. The molecule has 9 nitrogen and oxygen atoms in total. The molecule has 0 aromatic carbocycles. The van der Waals surface area contributed by atoms with E-state index in [2.05, 4.69) is 27.8 Å². The number of ether oxygens (including phenoxy) is 1. The summed E-state index contributed by atoms with van der Waals surface area (Å²) in [5, 5.41) is 10.2. The minimum Gasteiger partial charge on any atom is -0.390 e. The number of hydrogen-bond donors (Lipinski definition) is 2. The lowest BCUT2D eigenvalue weighted by Gasteiger charge is -2.42. The number of aliphatic imine (C=N–C) groups is 1. The topological polar surface area (TPSA) is 113 Å². The number of anilines is 2. The summed E-state index contributed by atoms with van der Waals surface area (Å²) in [6.45, 7) is 5.71. The van der Waals surface area contributed by atoms with E-state index in [1.165, 1.54) is 0 Å². The zero-order valence-corrected chi connectivity index (χ0v) is 22.1. The van der Waals surface area contributed by atoms with Crippen LogP contribution in [-0.4, -0.2) is 64.3 Å². The molecule has 35 heavy (non-hydrogen) atoms. The van der Waals surface area contributed by atoms with Gasteiger partial charge in [0.2, 0.25) is 0 Å². The molecule has 0 aliphatic carbocycles. The molecule has 6 rings (SSSR count). The van der Waals surface area contributed by atoms with E-state index in [9.17, 15) is 5.11 Å². The number of aliphatic hydroxyl groups is 1. The van der Waals surface area contributed by atoms with Crippen LogP contribution in [0.5, 0.6) is 0 Å². The predicted octanol–water partition coefficient (Wildman–Crippen LogP) is 1.64. The van der Waals surface area contributed by atoms with Gasteiger partial charge in [0.1, 0.15) is 11.4 Å². The fourth-order valence-electron chi connectivity index (χ4n) is 5.83. The van der Waals surface area contributed by atoms with E-state index in [-0.39, 0.29) is 51.2 Å². The van der Waals surface area contributed by atoms with Crippen LogP contribution in [0.1, 0.15) is 49.0 Å². The van der Waals surface area contributed by atoms with Gasteiger partial charge in [-0.1, -0.05) is 0 Å². The van der Waals surface area contributed by atoms with E-state index < -0.39 is 0 Å². The molecule has 4 aliphatic heterocycles. The van der Waals surface area contributed by atoms with Crippen molar-refractivity contribution in [3.63, 3.8) is 0 Å². The molecule has 0 radical (unpaired) electrons. The quantitative estimate of drug-likeness (QED) is 0.618. The van der Waals surface area contributed by atoms with Crippen molar-refractivity contribution >= 4 is 44.3 Å². The zero-order valence-electron chi connectivity index (χ0n) is 20.1. The summed E-state index contributed by atoms with van der Waals surface area (Å²) in [5.41, 5.74) is 11.0. The Morgan fingerprint density at radius 3 is 2.69 bits per heavy atom. The van der Waals surface area contributed by atoms with Gasteiger partial charge in [-0.15, -0.1) is 0 Å². The number of hydrogen-bond acceptors (Lipinski definition) is 9. The molecular formula is C24H35N7O2S2. The van der Waals surface area contributed by atoms with Crippen LogP contribution in [0.15, 0.2) is 23.3 Å². The van der Waals surface area contributed by atoms with Crippen molar-refractivity contribution in [2.75, 3.05) is 36.0 Å². The lowest BCUT2D eigenvalue weighted by molar-refractivity contribution is 0.0973. The first kappa shape index (κ1) is 26.2. The molecule has 1 spiro atoms. The van der Waals surface area contributed by atoms with Crippen molar-refractivity contribution in [2.45, 2.75) is 57.9 Å². The lowest BCUT2D eigenvalue weighted by Crippen LogP contribution is -2.51. The van der Waals surface area contributed by atoms with Crippen LogP contribution in [-0.2, 0) is 24.3 Å². The van der Waals surface area contributed by atoms with Crippen LogP contribution in [0, 0.1) is 5.41 Å². The molecule has 0 unspecified atom stereocenters. The van der Waals surface area contributed by atoms with Crippen LogP contribution in [0.25, 0.3) is 0 Å². The average molecular weight is 518 g/mol. The number of aliphatic hydroxyl groups excluding tert-OH is 1. The Balaban J connectivity index is 0.00000144. The Kier molecular flexibility index (Phi) is 7.63. The summed E-state index contributed by atoms with van der Waals surface area (Å²) >= 11 is 0. The second-order valence-electron chi connectivity index (χ2n) is 9.70. The van der Waals surface area contributed by atoms with Gasteiger partial charge in [0.05, 0.1) is 42.9 Å². The molecule has 11 heteroatoms. The highest BCUT2D eigenvalue weighted by Crippen LogP contribution is 2.42. The number of nitrogens with zero attached hydrogens (tertiary/aromatic N) is 6. The predicted molar refractivity (Wildman–Crippen MR) is 146 cm³/mol. The molecule has 2 aromatic heterocycles. The smallest absolute Gasteiger partial charge is 0.156 e. The lowest BCUT2D eigenvalue weighted by atomic mass is 9.73. The summed E-state index contributed by atoms with van der Waals surface area (Å²) in [5.74, 6) is 1.62. The Morgan fingerprint density at radius 1 is 1.17 bits per heavy atom. The normalized spacial score (nSPS) is 24.4. The molecular weight excluding hydrogens is 482 g/mol. The van der Waals surface area contributed by atoms with Gasteiger partial charge < -0.3 is 25.4 Å². The monoisotopic (exact) mass is 517 g/mol. The number of rotatable bonds is 2. The molecule has 2 saturated heterocycles. The van der Waals surface area contributed by atoms with Crippen molar-refractivity contribution in [3.8, 4) is 0 Å². The van der Waals surface area contributed by atoms with Gasteiger partial charge >= 0.3 is 0 Å². The Bertz CT molecular complexity index is 1110. The molecule has 0 bridgehead atoms. The minimum atomic E-state index is -0.150.